The maximum absolute atomic E-state index is 12.8. The Kier molecular flexibility index (Phi) is 6.77. The molecule has 0 aliphatic heterocycles. The molecule has 1 aromatic heterocycles. The van der Waals surface area contributed by atoms with Gasteiger partial charge in [0.05, 0.1) is 20.5 Å². The fourth-order valence-corrected chi connectivity index (χ4v) is 4.98. The van der Waals surface area contributed by atoms with E-state index in [0.717, 1.165) is 56.7 Å². The van der Waals surface area contributed by atoms with Crippen molar-refractivity contribution in [1.29, 1.82) is 0 Å². The highest BCUT2D eigenvalue weighted by molar-refractivity contribution is 6.02. The summed E-state index contributed by atoms with van der Waals surface area (Å²) >= 11 is 0. The second-order valence-corrected chi connectivity index (χ2v) is 9.01. The molecule has 0 radical (unpaired) electrons. The molecule has 2 unspecified atom stereocenters. The molecule has 2 atom stereocenters. The van der Waals surface area contributed by atoms with Crippen LogP contribution < -0.4 is 14.8 Å². The fraction of sp³-hybridized carbons (Fsp3) is 0.393. The Morgan fingerprint density at radius 3 is 2.61 bits per heavy atom. The van der Waals surface area contributed by atoms with Gasteiger partial charge in [0, 0.05) is 39.8 Å². The fourth-order valence-electron chi connectivity index (χ4n) is 4.98. The second-order valence-electron chi connectivity index (χ2n) is 9.01. The lowest BCUT2D eigenvalue weighted by molar-refractivity contribution is -0.117. The van der Waals surface area contributed by atoms with Gasteiger partial charge in [-0.25, -0.2) is 0 Å². The minimum Gasteiger partial charge on any atom is -0.496 e. The smallest absolute Gasteiger partial charge is 0.244 e. The Morgan fingerprint density at radius 1 is 1.12 bits per heavy atom. The Balaban J connectivity index is 1.75. The predicted molar refractivity (Wildman–Crippen MR) is 133 cm³/mol. The van der Waals surface area contributed by atoms with Crippen molar-refractivity contribution < 1.29 is 18.7 Å². The molecule has 0 bridgehead atoms. The van der Waals surface area contributed by atoms with E-state index in [-0.39, 0.29) is 11.9 Å². The lowest BCUT2D eigenvalue weighted by Crippen LogP contribution is -2.40. The number of benzene rings is 2. The summed E-state index contributed by atoms with van der Waals surface area (Å²) in [5.74, 6) is 1.96. The molecule has 33 heavy (non-hydrogen) atoms. The second kappa shape index (κ2) is 9.74. The zero-order chi connectivity index (χ0) is 23.5. The number of fused-ring (bicyclic) bond motifs is 1. The number of carbonyl (C=O) groups excluding carboxylic acids is 1. The standard InChI is InChI=1S/C28H33NO4/c1-17-10-6-8-12-24(17)29-26(30)14-18(2)21-15-22-23(20-11-7-9-13-25(20)31-4)16-33-28(22)19(3)27(21)32-5/h7,9,11,13-17,24H,6,8,10,12H2,1-5H3,(H,29,30)/b18-14+. The highest BCUT2D eigenvalue weighted by Crippen LogP contribution is 2.42. The average Bonchev–Trinajstić information content (AvgIpc) is 3.24. The molecule has 4 rings (SSSR count). The van der Waals surface area contributed by atoms with Gasteiger partial charge in [-0.05, 0) is 50.3 Å². The zero-order valence-corrected chi connectivity index (χ0v) is 20.2. The molecule has 1 aliphatic rings. The molecular formula is C28H33NO4. The number of methoxy groups -OCH3 is 2. The van der Waals surface area contributed by atoms with Gasteiger partial charge >= 0.3 is 0 Å². The van der Waals surface area contributed by atoms with Crippen molar-refractivity contribution in [1.82, 2.24) is 5.32 Å². The number of amides is 1. The summed E-state index contributed by atoms with van der Waals surface area (Å²) in [6, 6.07) is 10.2. The first-order valence-corrected chi connectivity index (χ1v) is 11.7. The molecule has 5 nitrogen and oxygen atoms in total. The Bertz CT molecular complexity index is 1190. The first kappa shape index (κ1) is 23.0. The maximum Gasteiger partial charge on any atom is 0.244 e. The van der Waals surface area contributed by atoms with Crippen molar-refractivity contribution in [3.05, 3.63) is 53.8 Å². The van der Waals surface area contributed by atoms with Gasteiger partial charge in [0.25, 0.3) is 0 Å². The van der Waals surface area contributed by atoms with Gasteiger partial charge < -0.3 is 19.2 Å². The maximum atomic E-state index is 12.8. The molecule has 1 heterocycles. The molecule has 1 amide bonds. The molecule has 1 aliphatic carbocycles. The highest BCUT2D eigenvalue weighted by atomic mass is 16.5. The van der Waals surface area contributed by atoms with Crippen LogP contribution in [0.15, 0.2) is 47.1 Å². The zero-order valence-electron chi connectivity index (χ0n) is 20.2. The van der Waals surface area contributed by atoms with E-state index in [0.29, 0.717) is 5.92 Å². The quantitative estimate of drug-likeness (QED) is 0.437. The number of ether oxygens (including phenoxy) is 2. The van der Waals surface area contributed by atoms with Gasteiger partial charge in [0.1, 0.15) is 17.1 Å². The Hall–Kier alpha value is -3.21. The van der Waals surface area contributed by atoms with Crippen LogP contribution in [-0.4, -0.2) is 26.2 Å². The molecule has 0 spiro atoms. The van der Waals surface area contributed by atoms with Crippen LogP contribution in [0.3, 0.4) is 0 Å². The molecule has 174 valence electrons. The highest BCUT2D eigenvalue weighted by Gasteiger charge is 2.23. The van der Waals surface area contributed by atoms with Crippen LogP contribution in [0, 0.1) is 12.8 Å². The van der Waals surface area contributed by atoms with E-state index in [1.807, 2.05) is 38.1 Å². The number of aryl methyl sites for hydroxylation is 1. The summed E-state index contributed by atoms with van der Waals surface area (Å²) in [7, 11) is 3.32. The SMILES string of the molecule is COc1ccccc1-c1coc2c(C)c(OC)c(/C(C)=C/C(=O)NC3CCCCC3C)cc12. The van der Waals surface area contributed by atoms with Crippen molar-refractivity contribution >= 4 is 22.4 Å². The van der Waals surface area contributed by atoms with E-state index in [1.165, 1.54) is 19.3 Å². The van der Waals surface area contributed by atoms with Gasteiger partial charge in [-0.3, -0.25) is 4.79 Å². The van der Waals surface area contributed by atoms with E-state index >= 15 is 0 Å². The molecule has 3 aromatic rings. The summed E-state index contributed by atoms with van der Waals surface area (Å²) in [5, 5.41) is 4.17. The largest absolute Gasteiger partial charge is 0.496 e. The lowest BCUT2D eigenvalue weighted by Gasteiger charge is -2.29. The number of hydrogen-bond acceptors (Lipinski definition) is 4. The van der Waals surface area contributed by atoms with Crippen molar-refractivity contribution in [2.75, 3.05) is 14.2 Å². The molecule has 1 N–H and O–H groups in total. The number of allylic oxidation sites excluding steroid dienone is 1. The Labute approximate surface area is 195 Å². The summed E-state index contributed by atoms with van der Waals surface area (Å²) < 4.78 is 17.3. The van der Waals surface area contributed by atoms with Crippen molar-refractivity contribution in [2.24, 2.45) is 5.92 Å². The number of rotatable bonds is 6. The van der Waals surface area contributed by atoms with Crippen LogP contribution in [0.1, 0.15) is 50.7 Å². The molecule has 0 saturated heterocycles. The predicted octanol–water partition coefficient (Wildman–Crippen LogP) is 6.52. The third-order valence-electron chi connectivity index (χ3n) is 6.86. The van der Waals surface area contributed by atoms with E-state index in [2.05, 4.69) is 18.3 Å². The Morgan fingerprint density at radius 2 is 1.88 bits per heavy atom. The normalized spacial score (nSPS) is 18.9. The van der Waals surface area contributed by atoms with Gasteiger partial charge in [0.2, 0.25) is 5.91 Å². The van der Waals surface area contributed by atoms with Gasteiger partial charge in [0.15, 0.2) is 0 Å². The van der Waals surface area contributed by atoms with Crippen molar-refractivity contribution in [2.45, 2.75) is 52.5 Å². The first-order valence-electron chi connectivity index (χ1n) is 11.7. The average molecular weight is 448 g/mol. The summed E-state index contributed by atoms with van der Waals surface area (Å²) in [4.78, 5) is 12.8. The number of carbonyl (C=O) groups is 1. The van der Waals surface area contributed by atoms with Gasteiger partial charge in [-0.2, -0.15) is 0 Å². The van der Waals surface area contributed by atoms with E-state index in [4.69, 9.17) is 13.9 Å². The number of furan rings is 1. The molecule has 1 saturated carbocycles. The van der Waals surface area contributed by atoms with Crippen LogP contribution in [-0.2, 0) is 4.79 Å². The van der Waals surface area contributed by atoms with Gasteiger partial charge in [-0.15, -0.1) is 0 Å². The summed E-state index contributed by atoms with van der Waals surface area (Å²) in [6.45, 7) is 6.16. The number of nitrogens with one attached hydrogen (secondary N) is 1. The molecule has 5 heteroatoms. The first-order chi connectivity index (χ1) is 15.9. The number of para-hydroxylation sites is 1. The van der Waals surface area contributed by atoms with Crippen LogP contribution in [0.25, 0.3) is 27.7 Å². The minimum atomic E-state index is -0.0526. The lowest BCUT2D eigenvalue weighted by atomic mass is 9.86. The third-order valence-corrected chi connectivity index (χ3v) is 6.86. The molecule has 1 fully saturated rings. The van der Waals surface area contributed by atoms with Gasteiger partial charge in [-0.1, -0.05) is 38.0 Å². The number of hydrogen-bond donors (Lipinski definition) is 1. The third kappa shape index (κ3) is 4.50. The molecular weight excluding hydrogens is 414 g/mol. The topological polar surface area (TPSA) is 60.7 Å². The van der Waals surface area contributed by atoms with Crippen LogP contribution in [0.2, 0.25) is 0 Å². The van der Waals surface area contributed by atoms with Crippen LogP contribution in [0.5, 0.6) is 11.5 Å². The van der Waals surface area contributed by atoms with Crippen molar-refractivity contribution in [3.63, 3.8) is 0 Å². The van der Waals surface area contributed by atoms with Crippen LogP contribution in [0.4, 0.5) is 0 Å². The minimum absolute atomic E-state index is 0.0526. The molecule has 2 aromatic carbocycles. The summed E-state index contributed by atoms with van der Waals surface area (Å²) in [5.41, 5.74) is 5.31. The van der Waals surface area contributed by atoms with Crippen molar-refractivity contribution in [3.8, 4) is 22.6 Å². The van der Waals surface area contributed by atoms with E-state index in [1.54, 1.807) is 26.6 Å². The van der Waals surface area contributed by atoms with Crippen LogP contribution >= 0.6 is 0 Å². The van der Waals surface area contributed by atoms with E-state index < -0.39 is 0 Å². The van der Waals surface area contributed by atoms with E-state index in [9.17, 15) is 4.79 Å². The monoisotopic (exact) mass is 447 g/mol. The summed E-state index contributed by atoms with van der Waals surface area (Å²) in [6.07, 6.45) is 8.09.